The predicted molar refractivity (Wildman–Crippen MR) is 107 cm³/mol. The zero-order chi connectivity index (χ0) is 24.8. The van der Waals surface area contributed by atoms with Gasteiger partial charge in [-0.25, -0.2) is 4.79 Å². The highest BCUT2D eigenvalue weighted by Crippen LogP contribution is 1.99. The number of carboxylic acid groups (broad SMARTS) is 3. The van der Waals surface area contributed by atoms with Crippen molar-refractivity contribution in [3.8, 4) is 0 Å². The van der Waals surface area contributed by atoms with Crippen molar-refractivity contribution in [1.29, 1.82) is 0 Å². The molecule has 16 heteroatoms. The number of aliphatic carboxylic acids is 3. The summed E-state index contributed by atoms with van der Waals surface area (Å²) in [5.74, 6) is -7.55. The van der Waals surface area contributed by atoms with Crippen LogP contribution < -0.4 is 33.2 Å². The number of nitrogens with zero attached hydrogens (tertiary/aromatic N) is 1. The van der Waals surface area contributed by atoms with Gasteiger partial charge in [0, 0.05) is 6.54 Å². The van der Waals surface area contributed by atoms with Gasteiger partial charge in [-0.1, -0.05) is 0 Å². The molecule has 0 heterocycles. The van der Waals surface area contributed by atoms with Crippen molar-refractivity contribution in [2.45, 2.75) is 43.8 Å². The molecule has 0 aromatic carbocycles. The summed E-state index contributed by atoms with van der Waals surface area (Å²) >= 11 is 0. The lowest BCUT2D eigenvalue weighted by Crippen LogP contribution is -2.54. The summed E-state index contributed by atoms with van der Waals surface area (Å²) in [7, 11) is 0. The van der Waals surface area contributed by atoms with Gasteiger partial charge in [-0.15, -0.1) is 0 Å². The summed E-state index contributed by atoms with van der Waals surface area (Å²) in [4.78, 5) is 72.4. The second kappa shape index (κ2) is 14.1. The van der Waals surface area contributed by atoms with Crippen molar-refractivity contribution < 1.29 is 44.1 Å². The maximum Gasteiger partial charge on any atom is 0.326 e. The molecule has 16 nitrogen and oxygen atoms in total. The highest BCUT2D eigenvalue weighted by Gasteiger charge is 2.27. The van der Waals surface area contributed by atoms with E-state index in [1.807, 2.05) is 10.6 Å². The highest BCUT2D eigenvalue weighted by molar-refractivity contribution is 5.94. The molecule has 3 unspecified atom stereocenters. The fourth-order valence-electron chi connectivity index (χ4n) is 2.22. The largest absolute Gasteiger partial charge is 0.481 e. The molecule has 0 saturated carbocycles. The Labute approximate surface area is 181 Å². The van der Waals surface area contributed by atoms with Gasteiger partial charge in [0.15, 0.2) is 5.96 Å². The van der Waals surface area contributed by atoms with Crippen molar-refractivity contribution in [2.75, 3.05) is 13.1 Å². The lowest BCUT2D eigenvalue weighted by molar-refractivity contribution is -0.147. The molecule has 0 saturated heterocycles. The molecule has 0 bridgehead atoms. The first kappa shape index (κ1) is 28.0. The number of nitrogens with one attached hydrogen (secondary N) is 3. The van der Waals surface area contributed by atoms with E-state index in [1.165, 1.54) is 0 Å². The zero-order valence-corrected chi connectivity index (χ0v) is 16.9. The lowest BCUT2D eigenvalue weighted by Gasteiger charge is -2.19. The number of hydrogen-bond donors (Lipinski definition) is 9. The number of carbonyl (C=O) groups excluding carboxylic acids is 3. The Kier molecular flexibility index (Phi) is 12.4. The molecule has 0 fully saturated rings. The van der Waals surface area contributed by atoms with E-state index >= 15 is 0 Å². The number of guanidine groups is 1. The van der Waals surface area contributed by atoms with Gasteiger partial charge in [0.1, 0.15) is 12.1 Å². The van der Waals surface area contributed by atoms with Crippen LogP contribution in [0.15, 0.2) is 4.99 Å². The predicted octanol–water partition coefficient (Wildman–Crippen LogP) is -4.51. The van der Waals surface area contributed by atoms with E-state index < -0.39 is 73.1 Å². The molecule has 0 rings (SSSR count). The zero-order valence-electron chi connectivity index (χ0n) is 16.9. The molecule has 0 spiro atoms. The minimum Gasteiger partial charge on any atom is -0.481 e. The normalized spacial score (nSPS) is 13.0. The van der Waals surface area contributed by atoms with E-state index in [0.29, 0.717) is 6.42 Å². The average molecular weight is 461 g/mol. The van der Waals surface area contributed by atoms with Crippen molar-refractivity contribution in [1.82, 2.24) is 16.0 Å². The molecule has 3 amide bonds. The quantitative estimate of drug-likeness (QED) is 0.0633. The summed E-state index contributed by atoms with van der Waals surface area (Å²) in [6.45, 7) is -0.588. The molecule has 0 aliphatic heterocycles. The topological polar surface area (TPSA) is 290 Å². The van der Waals surface area contributed by atoms with Crippen molar-refractivity contribution >= 4 is 41.6 Å². The first-order valence-corrected chi connectivity index (χ1v) is 9.18. The van der Waals surface area contributed by atoms with Gasteiger partial charge in [-0.2, -0.15) is 0 Å². The van der Waals surface area contributed by atoms with Gasteiger partial charge in [0.2, 0.25) is 17.7 Å². The summed E-state index contributed by atoms with van der Waals surface area (Å²) in [6.07, 6.45) is -1.25. The molecule has 0 radical (unpaired) electrons. The van der Waals surface area contributed by atoms with Crippen LogP contribution in [0.2, 0.25) is 0 Å². The number of nitrogens with two attached hydrogens (primary N) is 3. The maximum absolute atomic E-state index is 12.2. The number of carboxylic acids is 3. The monoisotopic (exact) mass is 461 g/mol. The molecule has 32 heavy (non-hydrogen) atoms. The third-order valence-corrected chi connectivity index (χ3v) is 3.75. The van der Waals surface area contributed by atoms with Crippen LogP contribution in [-0.4, -0.2) is 88.1 Å². The lowest BCUT2D eigenvalue weighted by atomic mass is 10.1. The van der Waals surface area contributed by atoms with Crippen molar-refractivity contribution in [3.05, 3.63) is 0 Å². The summed E-state index contributed by atoms with van der Waals surface area (Å²) < 4.78 is 0. The van der Waals surface area contributed by atoms with Gasteiger partial charge in [-0.05, 0) is 12.8 Å². The standard InChI is InChI=1S/C16H27N7O9/c17-7(2-1-3-20-16(18)19)13(29)23-8(4-11(25)26)14(30)21-6-10(24)22-9(15(31)32)5-12(27)28/h7-9H,1-6,17H2,(H,21,30)(H,22,24)(H,23,29)(H,25,26)(H,27,28)(H,31,32)(H4,18,19,20). The van der Waals surface area contributed by atoms with Crippen molar-refractivity contribution in [2.24, 2.45) is 22.2 Å². The second-order valence-electron chi connectivity index (χ2n) is 6.49. The average Bonchev–Trinajstić information content (AvgIpc) is 2.67. The van der Waals surface area contributed by atoms with Gasteiger partial charge in [-0.3, -0.25) is 29.0 Å². The van der Waals surface area contributed by atoms with Gasteiger partial charge >= 0.3 is 17.9 Å². The van der Waals surface area contributed by atoms with E-state index in [4.69, 9.17) is 32.5 Å². The molecule has 0 aromatic rings. The van der Waals surface area contributed by atoms with Crippen LogP contribution in [0.3, 0.4) is 0 Å². The number of carbonyl (C=O) groups is 6. The Morgan fingerprint density at radius 1 is 0.844 bits per heavy atom. The number of rotatable bonds is 15. The van der Waals surface area contributed by atoms with Crippen LogP contribution in [-0.2, 0) is 28.8 Å². The minimum atomic E-state index is -1.73. The van der Waals surface area contributed by atoms with Gasteiger partial charge in [0.25, 0.3) is 0 Å². The first-order valence-electron chi connectivity index (χ1n) is 9.18. The van der Waals surface area contributed by atoms with Crippen LogP contribution in [0.1, 0.15) is 25.7 Å². The van der Waals surface area contributed by atoms with Crippen LogP contribution >= 0.6 is 0 Å². The Bertz CT molecular complexity index is 752. The first-order chi connectivity index (χ1) is 14.8. The highest BCUT2D eigenvalue weighted by atomic mass is 16.4. The number of hydrogen-bond acceptors (Lipinski definition) is 8. The summed E-state index contributed by atoms with van der Waals surface area (Å²) in [6, 6.07) is -4.40. The molecular formula is C16H27N7O9. The molecule has 180 valence electrons. The van der Waals surface area contributed by atoms with Gasteiger partial charge < -0.3 is 48.5 Å². The second-order valence-corrected chi connectivity index (χ2v) is 6.49. The van der Waals surface area contributed by atoms with Crippen LogP contribution in [0.5, 0.6) is 0 Å². The molecule has 0 aliphatic rings. The molecule has 12 N–H and O–H groups in total. The Hall–Kier alpha value is -3.95. The fourth-order valence-corrected chi connectivity index (χ4v) is 2.22. The van der Waals surface area contributed by atoms with Crippen molar-refractivity contribution in [3.63, 3.8) is 0 Å². The van der Waals surface area contributed by atoms with Crippen LogP contribution in [0.25, 0.3) is 0 Å². The van der Waals surface area contributed by atoms with E-state index in [1.54, 1.807) is 0 Å². The maximum atomic E-state index is 12.2. The number of aliphatic imine (C=N–C) groups is 1. The fraction of sp³-hybridized carbons (Fsp3) is 0.562. The summed E-state index contributed by atoms with van der Waals surface area (Å²) in [5, 5.41) is 32.6. The van der Waals surface area contributed by atoms with Gasteiger partial charge in [0.05, 0.1) is 25.4 Å². The Morgan fingerprint density at radius 3 is 1.91 bits per heavy atom. The molecule has 0 aromatic heterocycles. The van der Waals surface area contributed by atoms with Crippen LogP contribution in [0.4, 0.5) is 0 Å². The summed E-state index contributed by atoms with van der Waals surface area (Å²) in [5.41, 5.74) is 16.0. The number of amides is 3. The SMILES string of the molecule is NC(N)=NCCCC(N)C(=O)NC(CC(=O)O)C(=O)NCC(=O)NC(CC(=O)O)C(=O)O. The molecular weight excluding hydrogens is 434 g/mol. The minimum absolute atomic E-state index is 0.132. The van der Waals surface area contributed by atoms with E-state index in [9.17, 15) is 28.8 Å². The molecule has 0 aliphatic carbocycles. The van der Waals surface area contributed by atoms with E-state index in [0.717, 1.165) is 0 Å². The smallest absolute Gasteiger partial charge is 0.326 e. The van der Waals surface area contributed by atoms with E-state index in [2.05, 4.69) is 10.3 Å². The Balaban J connectivity index is 4.83. The molecule has 3 atom stereocenters. The van der Waals surface area contributed by atoms with Crippen LogP contribution in [0, 0.1) is 0 Å². The third-order valence-electron chi connectivity index (χ3n) is 3.75. The van der Waals surface area contributed by atoms with E-state index in [-0.39, 0.29) is 18.9 Å². The Morgan fingerprint density at radius 2 is 1.41 bits per heavy atom. The third kappa shape index (κ3) is 12.6.